The number of carboxylic acids is 1. The van der Waals surface area contributed by atoms with Crippen molar-refractivity contribution in [3.8, 4) is 0 Å². The predicted octanol–water partition coefficient (Wildman–Crippen LogP) is 0.951. The molecule has 20 heavy (non-hydrogen) atoms. The van der Waals surface area contributed by atoms with Crippen molar-refractivity contribution in [2.75, 3.05) is 0 Å². The monoisotopic (exact) mass is 276 g/mol. The first-order valence-corrected chi connectivity index (χ1v) is 6.36. The van der Waals surface area contributed by atoms with Crippen molar-refractivity contribution in [1.82, 2.24) is 20.3 Å². The summed E-state index contributed by atoms with van der Waals surface area (Å²) >= 11 is 0. The molecule has 0 spiro atoms. The predicted molar refractivity (Wildman–Crippen MR) is 72.3 cm³/mol. The maximum Gasteiger partial charge on any atom is 0.326 e. The van der Waals surface area contributed by atoms with Crippen molar-refractivity contribution in [2.24, 2.45) is 7.05 Å². The third-order valence-corrected chi connectivity index (χ3v) is 3.05. The zero-order valence-corrected chi connectivity index (χ0v) is 11.3. The van der Waals surface area contributed by atoms with Crippen molar-refractivity contribution in [1.29, 1.82) is 0 Å². The molecule has 7 nitrogen and oxygen atoms in total. The van der Waals surface area contributed by atoms with Crippen LogP contribution < -0.4 is 5.32 Å². The van der Waals surface area contributed by atoms with Gasteiger partial charge >= 0.3 is 5.97 Å². The van der Waals surface area contributed by atoms with E-state index in [1.54, 1.807) is 29.9 Å². The van der Waals surface area contributed by atoms with Gasteiger partial charge in [0, 0.05) is 12.6 Å². The highest BCUT2D eigenvalue weighted by atomic mass is 16.4. The Morgan fingerprint density at radius 2 is 2.20 bits per heavy atom. The number of aryl methyl sites for hydroxylation is 1. The standard InChI is InChI=1S/C13H16N4O3/c1-3-4-10(13(19)20)14-12(18)8-5-6-9-11(7-8)17(2)16-15-9/h5-7,10H,3-4H2,1-2H3,(H,14,18)(H,19,20). The maximum atomic E-state index is 12.1. The first-order chi connectivity index (χ1) is 9.52. The average molecular weight is 276 g/mol. The molecular weight excluding hydrogens is 260 g/mol. The number of nitrogens with one attached hydrogen (secondary N) is 1. The molecule has 1 aromatic heterocycles. The first-order valence-electron chi connectivity index (χ1n) is 6.36. The van der Waals surface area contributed by atoms with E-state index in [-0.39, 0.29) is 0 Å². The lowest BCUT2D eigenvalue weighted by molar-refractivity contribution is -0.139. The number of aromatic nitrogens is 3. The summed E-state index contributed by atoms with van der Waals surface area (Å²) in [6, 6.07) is 4.08. The number of fused-ring (bicyclic) bond motifs is 1. The molecule has 0 bridgehead atoms. The van der Waals surface area contributed by atoms with Crippen LogP contribution in [0.4, 0.5) is 0 Å². The van der Waals surface area contributed by atoms with Gasteiger partial charge < -0.3 is 10.4 Å². The number of carbonyl (C=O) groups excluding carboxylic acids is 1. The number of amides is 1. The second-order valence-electron chi connectivity index (χ2n) is 4.57. The maximum absolute atomic E-state index is 12.1. The van der Waals surface area contributed by atoms with Crippen LogP contribution in [-0.2, 0) is 11.8 Å². The molecule has 1 amide bonds. The minimum atomic E-state index is -1.02. The van der Waals surface area contributed by atoms with E-state index in [0.717, 1.165) is 5.52 Å². The van der Waals surface area contributed by atoms with Crippen molar-refractivity contribution < 1.29 is 14.7 Å². The van der Waals surface area contributed by atoms with Gasteiger partial charge in [0.15, 0.2) is 0 Å². The first kappa shape index (κ1) is 14.0. The lowest BCUT2D eigenvalue weighted by Crippen LogP contribution is -2.40. The third-order valence-electron chi connectivity index (χ3n) is 3.05. The third kappa shape index (κ3) is 2.76. The number of hydrogen-bond acceptors (Lipinski definition) is 4. The van der Waals surface area contributed by atoms with Crippen molar-refractivity contribution >= 4 is 22.9 Å². The normalized spacial score (nSPS) is 12.3. The molecule has 1 aromatic carbocycles. The van der Waals surface area contributed by atoms with E-state index >= 15 is 0 Å². The fourth-order valence-electron chi connectivity index (χ4n) is 1.96. The minimum absolute atomic E-state index is 0.394. The molecule has 0 saturated heterocycles. The smallest absolute Gasteiger partial charge is 0.326 e. The summed E-state index contributed by atoms with van der Waals surface area (Å²) in [6.07, 6.45) is 1.08. The number of rotatable bonds is 5. The molecule has 0 aliphatic carbocycles. The van der Waals surface area contributed by atoms with Crippen LogP contribution >= 0.6 is 0 Å². The van der Waals surface area contributed by atoms with Gasteiger partial charge in [0.1, 0.15) is 11.6 Å². The lowest BCUT2D eigenvalue weighted by atomic mass is 10.1. The Hall–Kier alpha value is -2.44. The van der Waals surface area contributed by atoms with Gasteiger partial charge in [-0.3, -0.25) is 4.79 Å². The molecule has 7 heteroatoms. The second-order valence-corrected chi connectivity index (χ2v) is 4.57. The highest BCUT2D eigenvalue weighted by Crippen LogP contribution is 2.13. The van der Waals surface area contributed by atoms with Crippen LogP contribution in [0, 0.1) is 0 Å². The summed E-state index contributed by atoms with van der Waals surface area (Å²) in [4.78, 5) is 23.1. The fourth-order valence-corrected chi connectivity index (χ4v) is 1.96. The second kappa shape index (κ2) is 5.68. The summed E-state index contributed by atoms with van der Waals surface area (Å²) < 4.78 is 1.56. The molecule has 0 aliphatic rings. The molecule has 0 saturated carbocycles. The molecule has 1 heterocycles. The SMILES string of the molecule is CCCC(NC(=O)c1ccc2nnn(C)c2c1)C(=O)O. The summed E-state index contributed by atoms with van der Waals surface area (Å²) in [7, 11) is 1.73. The van der Waals surface area contributed by atoms with Crippen LogP contribution in [0.1, 0.15) is 30.1 Å². The molecule has 0 fully saturated rings. The Labute approximate surface area is 115 Å². The summed E-state index contributed by atoms with van der Waals surface area (Å²) in [6.45, 7) is 1.87. The van der Waals surface area contributed by atoms with E-state index in [2.05, 4.69) is 15.6 Å². The van der Waals surface area contributed by atoms with Crippen LogP contribution in [0.5, 0.6) is 0 Å². The van der Waals surface area contributed by atoms with Crippen LogP contribution in [0.25, 0.3) is 11.0 Å². The molecular formula is C13H16N4O3. The summed E-state index contributed by atoms with van der Waals surface area (Å²) in [5.74, 6) is -1.43. The largest absolute Gasteiger partial charge is 0.480 e. The molecule has 2 aromatic rings. The molecule has 1 atom stereocenters. The zero-order chi connectivity index (χ0) is 14.7. The van der Waals surface area contributed by atoms with Gasteiger partial charge in [0.25, 0.3) is 5.91 Å². The molecule has 0 radical (unpaired) electrons. The highest BCUT2D eigenvalue weighted by molar-refractivity contribution is 5.99. The van der Waals surface area contributed by atoms with Crippen LogP contribution in [-0.4, -0.2) is 38.0 Å². The highest BCUT2D eigenvalue weighted by Gasteiger charge is 2.20. The van der Waals surface area contributed by atoms with Crippen LogP contribution in [0.3, 0.4) is 0 Å². The minimum Gasteiger partial charge on any atom is -0.480 e. The number of carboxylic acid groups (broad SMARTS) is 1. The van der Waals surface area contributed by atoms with Crippen molar-refractivity contribution in [3.05, 3.63) is 23.8 Å². The number of nitrogens with zero attached hydrogens (tertiary/aromatic N) is 3. The van der Waals surface area contributed by atoms with E-state index < -0.39 is 17.9 Å². The average Bonchev–Trinajstić information content (AvgIpc) is 2.79. The van der Waals surface area contributed by atoms with Crippen LogP contribution in [0.15, 0.2) is 18.2 Å². The van der Waals surface area contributed by atoms with Gasteiger partial charge in [0.05, 0.1) is 5.52 Å². The van der Waals surface area contributed by atoms with Gasteiger partial charge in [0.2, 0.25) is 0 Å². The van der Waals surface area contributed by atoms with Gasteiger partial charge in [-0.1, -0.05) is 18.6 Å². The number of carbonyl (C=O) groups is 2. The topological polar surface area (TPSA) is 97.1 Å². The van der Waals surface area contributed by atoms with Crippen LogP contribution in [0.2, 0.25) is 0 Å². The van der Waals surface area contributed by atoms with Crippen molar-refractivity contribution in [2.45, 2.75) is 25.8 Å². The Morgan fingerprint density at radius 3 is 2.85 bits per heavy atom. The van der Waals surface area contributed by atoms with E-state index in [1.807, 2.05) is 6.92 Å². The quantitative estimate of drug-likeness (QED) is 0.847. The molecule has 106 valence electrons. The van der Waals surface area contributed by atoms with Gasteiger partial charge in [-0.15, -0.1) is 5.10 Å². The molecule has 0 aliphatic heterocycles. The van der Waals surface area contributed by atoms with Gasteiger partial charge in [-0.05, 0) is 24.6 Å². The summed E-state index contributed by atoms with van der Waals surface area (Å²) in [5, 5.41) is 19.3. The zero-order valence-electron chi connectivity index (χ0n) is 11.3. The van der Waals surface area contributed by atoms with E-state index in [9.17, 15) is 9.59 Å². The Balaban J connectivity index is 2.22. The lowest BCUT2D eigenvalue weighted by Gasteiger charge is -2.13. The van der Waals surface area contributed by atoms with Crippen molar-refractivity contribution in [3.63, 3.8) is 0 Å². The van der Waals surface area contributed by atoms with E-state index in [0.29, 0.717) is 23.9 Å². The van der Waals surface area contributed by atoms with E-state index in [4.69, 9.17) is 5.11 Å². The number of hydrogen-bond donors (Lipinski definition) is 2. The van der Waals surface area contributed by atoms with Gasteiger partial charge in [-0.25, -0.2) is 9.48 Å². The van der Waals surface area contributed by atoms with E-state index in [1.165, 1.54) is 0 Å². The number of aliphatic carboxylic acids is 1. The molecule has 2 N–H and O–H groups in total. The number of benzene rings is 1. The summed E-state index contributed by atoms with van der Waals surface area (Å²) in [5.41, 5.74) is 1.80. The molecule has 2 rings (SSSR count). The molecule has 1 unspecified atom stereocenters. The Bertz CT molecular complexity index is 650. The van der Waals surface area contributed by atoms with Gasteiger partial charge in [-0.2, -0.15) is 0 Å². The fraction of sp³-hybridized carbons (Fsp3) is 0.385. The Kier molecular flexibility index (Phi) is 3.97. The Morgan fingerprint density at radius 1 is 1.45 bits per heavy atom.